The van der Waals surface area contributed by atoms with Crippen LogP contribution in [0.5, 0.6) is 0 Å². The molecule has 0 bridgehead atoms. The summed E-state index contributed by atoms with van der Waals surface area (Å²) in [6.45, 7) is 3.88. The van der Waals surface area contributed by atoms with Gasteiger partial charge in [0.05, 0.1) is 0 Å². The number of nitrogens with one attached hydrogen (secondary N) is 1. The van der Waals surface area contributed by atoms with Gasteiger partial charge in [-0.25, -0.2) is 0 Å². The molecule has 0 atom stereocenters. The Labute approximate surface area is 74.3 Å². The van der Waals surface area contributed by atoms with E-state index in [-0.39, 0.29) is 0 Å². The van der Waals surface area contributed by atoms with Crippen LogP contribution in [-0.4, -0.2) is 36.1 Å². The van der Waals surface area contributed by atoms with Crippen molar-refractivity contribution in [2.75, 3.05) is 19.6 Å². The van der Waals surface area contributed by atoms with Gasteiger partial charge in [-0.05, 0) is 38.6 Å². The van der Waals surface area contributed by atoms with Gasteiger partial charge in [0.25, 0.3) is 0 Å². The molecule has 0 amide bonds. The lowest BCUT2D eigenvalue weighted by Crippen LogP contribution is -2.64. The SMILES string of the molecule is C1CN(C2CNC2)C2(C1)CCC2. The van der Waals surface area contributed by atoms with E-state index >= 15 is 0 Å². The number of hydrogen-bond acceptors (Lipinski definition) is 2. The lowest BCUT2D eigenvalue weighted by Gasteiger charge is -2.51. The molecule has 1 aliphatic carbocycles. The summed E-state index contributed by atoms with van der Waals surface area (Å²) in [4.78, 5) is 2.81. The molecule has 1 N–H and O–H groups in total. The Kier molecular flexibility index (Phi) is 1.50. The molecule has 2 heterocycles. The van der Waals surface area contributed by atoms with E-state index in [0.717, 1.165) is 6.04 Å². The molecule has 2 heteroatoms. The Morgan fingerprint density at radius 2 is 1.83 bits per heavy atom. The lowest BCUT2D eigenvalue weighted by molar-refractivity contribution is 0.00204. The van der Waals surface area contributed by atoms with E-state index in [1.54, 1.807) is 0 Å². The van der Waals surface area contributed by atoms with E-state index in [1.807, 2.05) is 0 Å². The first-order chi connectivity index (χ1) is 5.91. The summed E-state index contributed by atoms with van der Waals surface area (Å²) >= 11 is 0. The van der Waals surface area contributed by atoms with Crippen molar-refractivity contribution in [1.82, 2.24) is 10.2 Å². The maximum Gasteiger partial charge on any atom is 0.0350 e. The minimum atomic E-state index is 0.701. The van der Waals surface area contributed by atoms with Crippen LogP contribution in [-0.2, 0) is 0 Å². The molecule has 1 saturated carbocycles. The number of nitrogens with zero attached hydrogens (tertiary/aromatic N) is 1. The maximum atomic E-state index is 3.38. The van der Waals surface area contributed by atoms with Crippen molar-refractivity contribution < 1.29 is 0 Å². The highest BCUT2D eigenvalue weighted by molar-refractivity contribution is 5.06. The third-order valence-corrected chi connectivity index (χ3v) is 4.14. The molecule has 0 aromatic carbocycles. The molecule has 2 nitrogen and oxygen atoms in total. The fourth-order valence-electron chi connectivity index (χ4n) is 3.15. The molecule has 0 radical (unpaired) electrons. The van der Waals surface area contributed by atoms with Gasteiger partial charge in [0.1, 0.15) is 0 Å². The Bertz CT molecular complexity index is 182. The molecule has 0 aromatic heterocycles. The monoisotopic (exact) mass is 166 g/mol. The van der Waals surface area contributed by atoms with Crippen LogP contribution < -0.4 is 5.32 Å². The first-order valence-electron chi connectivity index (χ1n) is 5.38. The van der Waals surface area contributed by atoms with E-state index in [1.165, 1.54) is 51.7 Å². The number of hydrogen-bond donors (Lipinski definition) is 1. The maximum absolute atomic E-state index is 3.38. The smallest absolute Gasteiger partial charge is 0.0350 e. The average Bonchev–Trinajstić information content (AvgIpc) is 2.26. The van der Waals surface area contributed by atoms with Gasteiger partial charge >= 0.3 is 0 Å². The highest BCUT2D eigenvalue weighted by Crippen LogP contribution is 2.46. The molecule has 3 aliphatic rings. The van der Waals surface area contributed by atoms with E-state index in [9.17, 15) is 0 Å². The Balaban J connectivity index is 1.74. The fraction of sp³-hybridized carbons (Fsp3) is 1.00. The molecule has 12 heavy (non-hydrogen) atoms. The molecule has 2 aliphatic heterocycles. The largest absolute Gasteiger partial charge is 0.314 e. The van der Waals surface area contributed by atoms with Gasteiger partial charge in [0.2, 0.25) is 0 Å². The molecule has 3 fully saturated rings. The standard InChI is InChI=1S/C10H18N2/c1-3-10(4-1)5-2-6-12(10)9-7-11-8-9/h9,11H,1-8H2. The Morgan fingerprint density at radius 3 is 2.33 bits per heavy atom. The lowest BCUT2D eigenvalue weighted by atomic mass is 9.74. The van der Waals surface area contributed by atoms with E-state index in [2.05, 4.69) is 10.2 Å². The second kappa shape index (κ2) is 2.46. The van der Waals surface area contributed by atoms with Gasteiger partial charge in [0.15, 0.2) is 0 Å². The summed E-state index contributed by atoms with van der Waals surface area (Å²) in [6, 6.07) is 0.896. The van der Waals surface area contributed by atoms with Crippen LogP contribution in [0.4, 0.5) is 0 Å². The van der Waals surface area contributed by atoms with Crippen LogP contribution in [0.25, 0.3) is 0 Å². The highest BCUT2D eigenvalue weighted by atomic mass is 15.3. The van der Waals surface area contributed by atoms with E-state index < -0.39 is 0 Å². The molecule has 3 rings (SSSR count). The minimum Gasteiger partial charge on any atom is -0.314 e. The van der Waals surface area contributed by atoms with Crippen LogP contribution in [0.1, 0.15) is 32.1 Å². The Morgan fingerprint density at radius 1 is 1.08 bits per heavy atom. The summed E-state index contributed by atoms with van der Waals surface area (Å²) in [5.41, 5.74) is 0.701. The van der Waals surface area contributed by atoms with E-state index in [4.69, 9.17) is 0 Å². The molecular weight excluding hydrogens is 148 g/mol. The quantitative estimate of drug-likeness (QED) is 0.624. The van der Waals surface area contributed by atoms with Gasteiger partial charge in [-0.2, -0.15) is 0 Å². The average molecular weight is 166 g/mol. The van der Waals surface area contributed by atoms with Crippen molar-refractivity contribution in [2.45, 2.75) is 43.7 Å². The zero-order valence-electron chi connectivity index (χ0n) is 7.68. The van der Waals surface area contributed by atoms with Crippen molar-refractivity contribution in [2.24, 2.45) is 0 Å². The summed E-state index contributed by atoms with van der Waals surface area (Å²) in [5, 5.41) is 3.38. The highest BCUT2D eigenvalue weighted by Gasteiger charge is 2.48. The third kappa shape index (κ3) is 0.826. The van der Waals surface area contributed by atoms with Crippen LogP contribution in [0, 0.1) is 0 Å². The van der Waals surface area contributed by atoms with Gasteiger partial charge in [-0.15, -0.1) is 0 Å². The zero-order chi connectivity index (χ0) is 8.02. The normalized spacial score (nSPS) is 35.0. The molecule has 0 aromatic rings. The summed E-state index contributed by atoms with van der Waals surface area (Å²) < 4.78 is 0. The predicted octanol–water partition coefficient (Wildman–Crippen LogP) is 0.977. The van der Waals surface area contributed by atoms with Gasteiger partial charge in [-0.1, -0.05) is 0 Å². The molecule has 0 unspecified atom stereocenters. The topological polar surface area (TPSA) is 15.3 Å². The summed E-state index contributed by atoms with van der Waals surface area (Å²) in [7, 11) is 0. The van der Waals surface area contributed by atoms with Crippen molar-refractivity contribution in [1.29, 1.82) is 0 Å². The van der Waals surface area contributed by atoms with Crippen molar-refractivity contribution in [3.63, 3.8) is 0 Å². The summed E-state index contributed by atoms with van der Waals surface area (Å²) in [5.74, 6) is 0. The second-order valence-electron chi connectivity index (χ2n) is 4.69. The van der Waals surface area contributed by atoms with Gasteiger partial charge in [0, 0.05) is 24.7 Å². The van der Waals surface area contributed by atoms with Crippen LogP contribution in [0.15, 0.2) is 0 Å². The number of likely N-dealkylation sites (tertiary alicyclic amines) is 1. The van der Waals surface area contributed by atoms with Crippen molar-refractivity contribution in [3.8, 4) is 0 Å². The van der Waals surface area contributed by atoms with Crippen LogP contribution in [0.3, 0.4) is 0 Å². The molecule has 1 spiro atoms. The Hall–Kier alpha value is -0.0800. The van der Waals surface area contributed by atoms with Gasteiger partial charge in [-0.3, -0.25) is 4.90 Å². The fourth-order valence-corrected chi connectivity index (χ4v) is 3.15. The molecule has 68 valence electrons. The van der Waals surface area contributed by atoms with E-state index in [0.29, 0.717) is 5.54 Å². The number of rotatable bonds is 1. The zero-order valence-corrected chi connectivity index (χ0v) is 7.68. The minimum absolute atomic E-state index is 0.701. The van der Waals surface area contributed by atoms with Crippen LogP contribution in [0.2, 0.25) is 0 Å². The van der Waals surface area contributed by atoms with Gasteiger partial charge < -0.3 is 5.32 Å². The summed E-state index contributed by atoms with van der Waals surface area (Å²) in [6.07, 6.45) is 7.41. The van der Waals surface area contributed by atoms with Crippen molar-refractivity contribution >= 4 is 0 Å². The first-order valence-corrected chi connectivity index (χ1v) is 5.38. The third-order valence-electron chi connectivity index (χ3n) is 4.14. The first kappa shape index (κ1) is 7.34. The van der Waals surface area contributed by atoms with Crippen LogP contribution >= 0.6 is 0 Å². The molecular formula is C10H18N2. The molecule has 2 saturated heterocycles. The predicted molar refractivity (Wildman–Crippen MR) is 49.2 cm³/mol. The second-order valence-corrected chi connectivity index (χ2v) is 4.69. The van der Waals surface area contributed by atoms with Crippen molar-refractivity contribution in [3.05, 3.63) is 0 Å².